The Morgan fingerprint density at radius 2 is 1.81 bits per heavy atom. The van der Waals surface area contributed by atoms with Gasteiger partial charge in [-0.3, -0.25) is 14.6 Å². The van der Waals surface area contributed by atoms with Crippen LogP contribution in [0, 0.1) is 5.92 Å². The SMILES string of the molecule is C[C@H]1CN([C@@H](C)CO)S(=O)(=O)c2ccc(-c3cccc(C(=O)N(C)C)c3)cc2O[C@H]1CN(C)C(=O)Cc1ccccn1. The van der Waals surface area contributed by atoms with Crippen molar-refractivity contribution in [2.75, 3.05) is 40.8 Å². The van der Waals surface area contributed by atoms with Crippen LogP contribution in [0.3, 0.4) is 0 Å². The van der Waals surface area contributed by atoms with Crippen LogP contribution in [0.5, 0.6) is 5.75 Å². The molecule has 2 aromatic carbocycles. The lowest BCUT2D eigenvalue weighted by molar-refractivity contribution is -0.130. The highest BCUT2D eigenvalue weighted by molar-refractivity contribution is 7.89. The minimum absolute atomic E-state index is 0.0218. The number of benzene rings is 2. The van der Waals surface area contributed by atoms with Crippen LogP contribution in [-0.4, -0.2) is 97.4 Å². The maximum Gasteiger partial charge on any atom is 0.253 e. The predicted molar refractivity (Wildman–Crippen MR) is 159 cm³/mol. The molecule has 2 amide bonds. The van der Waals surface area contributed by atoms with E-state index in [0.29, 0.717) is 16.8 Å². The van der Waals surface area contributed by atoms with E-state index >= 15 is 0 Å². The number of fused-ring (bicyclic) bond motifs is 1. The van der Waals surface area contributed by atoms with Crippen molar-refractivity contribution in [1.82, 2.24) is 19.1 Å². The number of nitrogens with zero attached hydrogens (tertiary/aromatic N) is 4. The fraction of sp³-hybridized carbons (Fsp3) is 0.387. The minimum atomic E-state index is -4.03. The lowest BCUT2D eigenvalue weighted by Gasteiger charge is -2.37. The van der Waals surface area contributed by atoms with Crippen molar-refractivity contribution in [2.24, 2.45) is 5.92 Å². The number of hydrogen-bond donors (Lipinski definition) is 1. The lowest BCUT2D eigenvalue weighted by Crippen LogP contribution is -2.50. The molecule has 0 unspecified atom stereocenters. The van der Waals surface area contributed by atoms with Crippen LogP contribution in [0.1, 0.15) is 29.9 Å². The molecular formula is C31H38N4O6S. The molecule has 3 aromatic rings. The summed E-state index contributed by atoms with van der Waals surface area (Å²) in [6.45, 7) is 3.50. The van der Waals surface area contributed by atoms with Crippen molar-refractivity contribution in [2.45, 2.75) is 37.3 Å². The number of aliphatic hydroxyl groups is 1. The number of pyridine rings is 1. The van der Waals surface area contributed by atoms with Crippen molar-refractivity contribution in [3.8, 4) is 16.9 Å². The molecule has 3 atom stereocenters. The van der Waals surface area contributed by atoms with Gasteiger partial charge in [-0.25, -0.2) is 8.42 Å². The van der Waals surface area contributed by atoms with Gasteiger partial charge in [0.05, 0.1) is 19.6 Å². The Balaban J connectivity index is 1.72. The fourth-order valence-electron chi connectivity index (χ4n) is 4.88. The Morgan fingerprint density at radius 1 is 1.07 bits per heavy atom. The van der Waals surface area contributed by atoms with Gasteiger partial charge in [-0.05, 0) is 54.4 Å². The molecule has 11 heteroatoms. The molecule has 0 spiro atoms. The van der Waals surface area contributed by atoms with E-state index in [1.165, 1.54) is 15.3 Å². The third-order valence-corrected chi connectivity index (χ3v) is 9.47. The highest BCUT2D eigenvalue weighted by Gasteiger charge is 2.38. The predicted octanol–water partition coefficient (Wildman–Crippen LogP) is 2.92. The van der Waals surface area contributed by atoms with Crippen LogP contribution in [0.15, 0.2) is 71.8 Å². The summed E-state index contributed by atoms with van der Waals surface area (Å²) < 4.78 is 35.4. The second-order valence-corrected chi connectivity index (χ2v) is 12.8. The third kappa shape index (κ3) is 6.80. The Kier molecular flexibility index (Phi) is 9.65. The number of carbonyl (C=O) groups is 2. The second kappa shape index (κ2) is 13.0. The molecule has 42 heavy (non-hydrogen) atoms. The van der Waals surface area contributed by atoms with Crippen molar-refractivity contribution >= 4 is 21.8 Å². The van der Waals surface area contributed by atoms with Crippen molar-refractivity contribution in [3.63, 3.8) is 0 Å². The van der Waals surface area contributed by atoms with Crippen molar-refractivity contribution in [1.29, 1.82) is 0 Å². The number of likely N-dealkylation sites (N-methyl/N-ethyl adjacent to an activating group) is 1. The standard InChI is InChI=1S/C31H38N4O6S/c1-21-18-35(22(2)20-36)42(39,40)29-13-12-24(23-9-8-10-25(15-23)31(38)33(3)4)16-27(29)41-28(21)19-34(5)30(37)17-26-11-6-7-14-32-26/h6-16,21-22,28,36H,17-20H2,1-5H3/t21-,22-,28-/m0/s1. The highest BCUT2D eigenvalue weighted by Crippen LogP contribution is 2.37. The largest absolute Gasteiger partial charge is 0.487 e. The highest BCUT2D eigenvalue weighted by atomic mass is 32.2. The number of ether oxygens (including phenoxy) is 1. The average Bonchev–Trinajstić information content (AvgIpc) is 2.98. The monoisotopic (exact) mass is 594 g/mol. The molecule has 0 aliphatic carbocycles. The van der Waals surface area contributed by atoms with Gasteiger partial charge in [0.25, 0.3) is 5.91 Å². The van der Waals surface area contributed by atoms with E-state index < -0.39 is 22.2 Å². The molecule has 1 aliphatic rings. The molecular weight excluding hydrogens is 556 g/mol. The first-order chi connectivity index (χ1) is 19.9. The summed E-state index contributed by atoms with van der Waals surface area (Å²) in [5.74, 6) is -0.468. The normalized spacial score (nSPS) is 19.0. The lowest BCUT2D eigenvalue weighted by atomic mass is 10.0. The number of hydrogen-bond acceptors (Lipinski definition) is 7. The van der Waals surface area contributed by atoms with E-state index in [1.54, 1.807) is 81.6 Å². The topological polar surface area (TPSA) is 120 Å². The van der Waals surface area contributed by atoms with Crippen molar-refractivity contribution in [3.05, 3.63) is 78.1 Å². The average molecular weight is 595 g/mol. The quantitative estimate of drug-likeness (QED) is 0.426. The van der Waals surface area contributed by atoms with Crippen LogP contribution >= 0.6 is 0 Å². The van der Waals surface area contributed by atoms with Gasteiger partial charge in [-0.2, -0.15) is 4.31 Å². The van der Waals surface area contributed by atoms with Gasteiger partial charge < -0.3 is 19.6 Å². The molecule has 0 radical (unpaired) electrons. The van der Waals surface area contributed by atoms with Gasteiger partial charge in [-0.1, -0.05) is 31.2 Å². The number of sulfonamides is 1. The molecule has 2 heterocycles. The van der Waals surface area contributed by atoms with Gasteiger partial charge in [-0.15, -0.1) is 0 Å². The molecule has 10 nitrogen and oxygen atoms in total. The Labute approximate surface area is 247 Å². The zero-order valence-corrected chi connectivity index (χ0v) is 25.4. The number of aromatic nitrogens is 1. The maximum absolute atomic E-state index is 13.8. The third-order valence-electron chi connectivity index (χ3n) is 7.45. The molecule has 0 bridgehead atoms. The van der Waals surface area contributed by atoms with Gasteiger partial charge >= 0.3 is 0 Å². The van der Waals surface area contributed by atoms with Crippen LogP contribution < -0.4 is 4.74 Å². The summed E-state index contributed by atoms with van der Waals surface area (Å²) in [4.78, 5) is 32.9. The van der Waals surface area contributed by atoms with Gasteiger partial charge in [0.2, 0.25) is 15.9 Å². The van der Waals surface area contributed by atoms with Gasteiger partial charge in [0.1, 0.15) is 16.7 Å². The first-order valence-electron chi connectivity index (χ1n) is 13.8. The van der Waals surface area contributed by atoms with E-state index in [1.807, 2.05) is 19.1 Å². The van der Waals surface area contributed by atoms with Gasteiger partial charge in [0, 0.05) is 57.1 Å². The maximum atomic E-state index is 13.8. The summed E-state index contributed by atoms with van der Waals surface area (Å²) in [6.07, 6.45) is 1.21. The van der Waals surface area contributed by atoms with Gasteiger partial charge in [0.15, 0.2) is 0 Å². The van der Waals surface area contributed by atoms with Crippen molar-refractivity contribution < 1.29 is 27.9 Å². The van der Waals surface area contributed by atoms with E-state index in [2.05, 4.69) is 4.98 Å². The van der Waals surface area contributed by atoms with E-state index in [0.717, 1.165) is 5.56 Å². The Morgan fingerprint density at radius 3 is 2.48 bits per heavy atom. The molecule has 0 fully saturated rings. The summed E-state index contributed by atoms with van der Waals surface area (Å²) in [5, 5.41) is 9.92. The summed E-state index contributed by atoms with van der Waals surface area (Å²) in [7, 11) is 1.02. The van der Waals surface area contributed by atoms with Crippen LogP contribution in [-0.2, 0) is 21.2 Å². The number of carbonyl (C=O) groups excluding carboxylic acids is 2. The summed E-state index contributed by atoms with van der Waals surface area (Å²) in [5.41, 5.74) is 2.55. The molecule has 0 saturated carbocycles. The van der Waals surface area contributed by atoms with Crippen LogP contribution in [0.4, 0.5) is 0 Å². The molecule has 1 N–H and O–H groups in total. The zero-order valence-electron chi connectivity index (χ0n) is 24.6. The molecule has 4 rings (SSSR count). The summed E-state index contributed by atoms with van der Waals surface area (Å²) >= 11 is 0. The van der Waals surface area contributed by atoms with E-state index in [4.69, 9.17) is 4.74 Å². The number of rotatable bonds is 8. The first kappa shape index (κ1) is 31.1. The Hall–Kier alpha value is -3.80. The first-order valence-corrected chi connectivity index (χ1v) is 15.3. The van der Waals surface area contributed by atoms with Crippen LogP contribution in [0.25, 0.3) is 11.1 Å². The van der Waals surface area contributed by atoms with E-state index in [-0.39, 0.29) is 54.5 Å². The molecule has 1 aliphatic heterocycles. The molecule has 0 saturated heterocycles. The minimum Gasteiger partial charge on any atom is -0.487 e. The zero-order chi connectivity index (χ0) is 30.6. The second-order valence-electron chi connectivity index (χ2n) is 11.0. The number of aliphatic hydroxyl groups excluding tert-OH is 1. The molecule has 1 aromatic heterocycles. The number of amides is 2. The Bertz CT molecular complexity index is 1530. The smallest absolute Gasteiger partial charge is 0.253 e. The summed E-state index contributed by atoms with van der Waals surface area (Å²) in [6, 6.07) is 16.7. The molecule has 224 valence electrons. The van der Waals surface area contributed by atoms with E-state index in [9.17, 15) is 23.1 Å². The fourth-order valence-corrected chi connectivity index (χ4v) is 6.70. The van der Waals surface area contributed by atoms with Crippen LogP contribution in [0.2, 0.25) is 0 Å².